The number of rotatable bonds is 3. The Morgan fingerprint density at radius 2 is 2.06 bits per heavy atom. The van der Waals surface area contributed by atoms with E-state index in [-0.39, 0.29) is 11.6 Å². The molecule has 0 amide bonds. The molecule has 0 saturated carbocycles. The molecule has 3 N–H and O–H groups in total. The molecule has 0 saturated heterocycles. The second kappa shape index (κ2) is 4.54. The number of nitrogens with two attached hydrogens (primary N) is 1. The van der Waals surface area contributed by atoms with Crippen LogP contribution >= 0.6 is 0 Å². The first kappa shape index (κ1) is 10.3. The van der Waals surface area contributed by atoms with Crippen LogP contribution in [-0.2, 0) is 6.54 Å². The molecule has 6 nitrogen and oxygen atoms in total. The standard InChI is InChI=1S/C10H11N5O/c11-14-9-12-7-15(10(16)13-9)6-8-4-2-1-3-5-8/h1-5,7H,6,11H2,(H,13,14,16). The maximum atomic E-state index is 11.5. The van der Waals surface area contributed by atoms with Crippen molar-refractivity contribution < 1.29 is 0 Å². The third kappa shape index (κ3) is 2.23. The summed E-state index contributed by atoms with van der Waals surface area (Å²) < 4.78 is 1.41. The molecular weight excluding hydrogens is 206 g/mol. The Bertz CT molecular complexity index is 522. The van der Waals surface area contributed by atoms with Crippen molar-refractivity contribution >= 4 is 5.95 Å². The van der Waals surface area contributed by atoms with Crippen molar-refractivity contribution in [3.63, 3.8) is 0 Å². The molecule has 1 aromatic carbocycles. The molecule has 0 bridgehead atoms. The van der Waals surface area contributed by atoms with Crippen LogP contribution in [0.2, 0.25) is 0 Å². The van der Waals surface area contributed by atoms with Gasteiger partial charge in [0.05, 0.1) is 6.54 Å². The van der Waals surface area contributed by atoms with Gasteiger partial charge in [-0.3, -0.25) is 9.99 Å². The molecule has 1 aromatic heterocycles. The second-order valence-corrected chi connectivity index (χ2v) is 3.22. The first-order valence-electron chi connectivity index (χ1n) is 4.73. The summed E-state index contributed by atoms with van der Waals surface area (Å²) in [5.74, 6) is 5.22. The zero-order valence-electron chi connectivity index (χ0n) is 8.50. The Kier molecular flexibility index (Phi) is 2.93. The summed E-state index contributed by atoms with van der Waals surface area (Å²) >= 11 is 0. The van der Waals surface area contributed by atoms with E-state index < -0.39 is 0 Å². The fraction of sp³-hybridized carbons (Fsp3) is 0.100. The second-order valence-electron chi connectivity index (χ2n) is 3.22. The van der Waals surface area contributed by atoms with Gasteiger partial charge in [0.1, 0.15) is 6.33 Å². The van der Waals surface area contributed by atoms with E-state index in [0.29, 0.717) is 6.54 Å². The number of aromatic nitrogens is 3. The highest BCUT2D eigenvalue weighted by molar-refractivity contribution is 5.18. The monoisotopic (exact) mass is 217 g/mol. The maximum absolute atomic E-state index is 11.5. The van der Waals surface area contributed by atoms with Gasteiger partial charge in [-0.05, 0) is 5.56 Å². The van der Waals surface area contributed by atoms with Crippen molar-refractivity contribution in [2.24, 2.45) is 5.84 Å². The summed E-state index contributed by atoms with van der Waals surface area (Å²) in [4.78, 5) is 19.0. The lowest BCUT2D eigenvalue weighted by Gasteiger charge is -2.04. The fourth-order valence-electron chi connectivity index (χ4n) is 1.32. The molecule has 0 aliphatic carbocycles. The SMILES string of the molecule is NNc1ncn(Cc2ccccc2)c(=O)n1. The van der Waals surface area contributed by atoms with Crippen LogP contribution in [0, 0.1) is 0 Å². The third-order valence-electron chi connectivity index (χ3n) is 2.09. The summed E-state index contributed by atoms with van der Waals surface area (Å²) in [6.07, 6.45) is 1.41. The van der Waals surface area contributed by atoms with Gasteiger partial charge in [-0.1, -0.05) is 30.3 Å². The Balaban J connectivity index is 2.26. The minimum Gasteiger partial charge on any atom is -0.292 e. The smallest absolute Gasteiger partial charge is 0.292 e. The molecule has 0 atom stereocenters. The molecule has 1 heterocycles. The average Bonchev–Trinajstić information content (AvgIpc) is 2.33. The lowest BCUT2D eigenvalue weighted by atomic mass is 10.2. The van der Waals surface area contributed by atoms with Crippen molar-refractivity contribution in [2.45, 2.75) is 6.54 Å². The van der Waals surface area contributed by atoms with Crippen molar-refractivity contribution in [3.05, 3.63) is 52.7 Å². The minimum atomic E-state index is -0.383. The van der Waals surface area contributed by atoms with E-state index in [2.05, 4.69) is 15.4 Å². The van der Waals surface area contributed by atoms with Gasteiger partial charge in [-0.25, -0.2) is 15.6 Å². The summed E-state index contributed by atoms with van der Waals surface area (Å²) in [6, 6.07) is 9.61. The third-order valence-corrected chi connectivity index (χ3v) is 2.09. The summed E-state index contributed by atoms with van der Waals surface area (Å²) in [5, 5.41) is 0. The number of nitrogen functional groups attached to an aromatic ring is 1. The molecule has 0 aliphatic heterocycles. The number of nitrogens with zero attached hydrogens (tertiary/aromatic N) is 3. The Morgan fingerprint density at radius 3 is 2.69 bits per heavy atom. The van der Waals surface area contributed by atoms with E-state index in [4.69, 9.17) is 5.84 Å². The molecule has 0 aliphatic rings. The lowest BCUT2D eigenvalue weighted by Crippen LogP contribution is -2.26. The van der Waals surface area contributed by atoms with E-state index in [1.165, 1.54) is 10.9 Å². The Labute approximate surface area is 91.7 Å². The summed E-state index contributed by atoms with van der Waals surface area (Å²) in [7, 11) is 0. The maximum Gasteiger partial charge on any atom is 0.352 e. The zero-order chi connectivity index (χ0) is 11.4. The number of hydrogen-bond donors (Lipinski definition) is 2. The number of anilines is 1. The molecule has 6 heteroatoms. The van der Waals surface area contributed by atoms with Crippen molar-refractivity contribution in [1.82, 2.24) is 14.5 Å². The molecule has 0 unspecified atom stereocenters. The van der Waals surface area contributed by atoms with Crippen LogP contribution in [0.3, 0.4) is 0 Å². The minimum absolute atomic E-state index is 0.120. The molecule has 82 valence electrons. The highest BCUT2D eigenvalue weighted by Gasteiger charge is 2.00. The van der Waals surface area contributed by atoms with E-state index in [0.717, 1.165) is 5.56 Å². The Morgan fingerprint density at radius 1 is 1.31 bits per heavy atom. The number of hydrogen-bond acceptors (Lipinski definition) is 5. The molecule has 2 rings (SSSR count). The van der Waals surface area contributed by atoms with Crippen LogP contribution in [-0.4, -0.2) is 14.5 Å². The summed E-state index contributed by atoms with van der Waals surface area (Å²) in [6.45, 7) is 0.449. The quantitative estimate of drug-likeness (QED) is 0.557. The molecule has 0 radical (unpaired) electrons. The zero-order valence-corrected chi connectivity index (χ0v) is 8.50. The summed E-state index contributed by atoms with van der Waals surface area (Å²) in [5.41, 5.74) is 2.86. The van der Waals surface area contributed by atoms with Crippen LogP contribution in [0.1, 0.15) is 5.56 Å². The number of hydrazine groups is 1. The molecule has 16 heavy (non-hydrogen) atoms. The molecule has 0 spiro atoms. The van der Waals surface area contributed by atoms with Gasteiger partial charge >= 0.3 is 5.69 Å². The van der Waals surface area contributed by atoms with Crippen LogP contribution in [0.5, 0.6) is 0 Å². The van der Waals surface area contributed by atoms with Gasteiger partial charge in [0.25, 0.3) is 0 Å². The largest absolute Gasteiger partial charge is 0.352 e. The van der Waals surface area contributed by atoms with E-state index in [9.17, 15) is 4.79 Å². The predicted octanol–water partition coefficient (Wildman–Crippen LogP) is -0.0278. The molecular formula is C10H11N5O. The van der Waals surface area contributed by atoms with E-state index in [1.54, 1.807) is 0 Å². The van der Waals surface area contributed by atoms with Gasteiger partial charge in [0, 0.05) is 0 Å². The van der Waals surface area contributed by atoms with Crippen LogP contribution in [0.4, 0.5) is 5.95 Å². The number of nitrogens with one attached hydrogen (secondary N) is 1. The molecule has 0 fully saturated rings. The fourth-order valence-corrected chi connectivity index (χ4v) is 1.32. The van der Waals surface area contributed by atoms with Gasteiger partial charge < -0.3 is 0 Å². The van der Waals surface area contributed by atoms with E-state index in [1.807, 2.05) is 30.3 Å². The highest BCUT2D eigenvalue weighted by Crippen LogP contribution is 1.99. The average molecular weight is 217 g/mol. The highest BCUT2D eigenvalue weighted by atomic mass is 16.1. The van der Waals surface area contributed by atoms with Gasteiger partial charge in [-0.2, -0.15) is 4.98 Å². The molecule has 2 aromatic rings. The first-order chi connectivity index (χ1) is 7.79. The van der Waals surface area contributed by atoms with Crippen molar-refractivity contribution in [2.75, 3.05) is 5.43 Å². The van der Waals surface area contributed by atoms with Crippen LogP contribution in [0.25, 0.3) is 0 Å². The van der Waals surface area contributed by atoms with Crippen molar-refractivity contribution in [3.8, 4) is 0 Å². The van der Waals surface area contributed by atoms with Crippen molar-refractivity contribution in [1.29, 1.82) is 0 Å². The number of benzene rings is 1. The van der Waals surface area contributed by atoms with Crippen LogP contribution in [0.15, 0.2) is 41.5 Å². The van der Waals surface area contributed by atoms with Gasteiger partial charge in [0.15, 0.2) is 0 Å². The van der Waals surface area contributed by atoms with E-state index >= 15 is 0 Å². The predicted molar refractivity (Wildman–Crippen MR) is 59.6 cm³/mol. The van der Waals surface area contributed by atoms with Crippen LogP contribution < -0.4 is 17.0 Å². The lowest BCUT2D eigenvalue weighted by molar-refractivity contribution is 0.701. The first-order valence-corrected chi connectivity index (χ1v) is 4.73. The topological polar surface area (TPSA) is 85.8 Å². The Hall–Kier alpha value is -2.21. The van der Waals surface area contributed by atoms with Gasteiger partial charge in [0.2, 0.25) is 5.95 Å². The van der Waals surface area contributed by atoms with Gasteiger partial charge in [-0.15, -0.1) is 0 Å². The normalized spacial score (nSPS) is 10.1.